The SMILES string of the molecule is Cl.O=C(NC1CCCC1)c1cc([C@@H]2C[C@H]2NC2CCOCC2)ccc1F. The number of hydrogen-bond acceptors (Lipinski definition) is 3. The van der Waals surface area contributed by atoms with Gasteiger partial charge in [0.05, 0.1) is 5.56 Å². The molecule has 6 heteroatoms. The van der Waals surface area contributed by atoms with Crippen LogP contribution in [0.5, 0.6) is 0 Å². The molecule has 2 N–H and O–H groups in total. The molecule has 1 aromatic rings. The second-order valence-electron chi connectivity index (χ2n) is 7.70. The Morgan fingerprint density at radius 1 is 1.08 bits per heavy atom. The van der Waals surface area contributed by atoms with Gasteiger partial charge in [-0.3, -0.25) is 4.79 Å². The highest BCUT2D eigenvalue weighted by Crippen LogP contribution is 2.42. The van der Waals surface area contributed by atoms with Crippen LogP contribution in [0.2, 0.25) is 0 Å². The van der Waals surface area contributed by atoms with Crippen LogP contribution in [0.3, 0.4) is 0 Å². The Kier molecular flexibility index (Phi) is 6.54. The summed E-state index contributed by atoms with van der Waals surface area (Å²) in [6, 6.07) is 6.21. The Bertz CT molecular complexity index is 630. The van der Waals surface area contributed by atoms with Crippen LogP contribution in [-0.2, 0) is 4.74 Å². The standard InChI is InChI=1S/C20H27FN2O2.ClH/c21-18-6-5-13(11-17(18)20(24)23-14-3-1-2-4-14)16-12-19(16)22-15-7-9-25-10-8-15;/h5-6,11,14-16,19,22H,1-4,7-10,12H2,(H,23,24);1H/t16-,19+;/m0./s1. The second-order valence-corrected chi connectivity index (χ2v) is 7.70. The molecule has 3 fully saturated rings. The lowest BCUT2D eigenvalue weighted by atomic mass is 10.0. The molecule has 144 valence electrons. The molecule has 0 spiro atoms. The van der Waals surface area contributed by atoms with Gasteiger partial charge in [-0.2, -0.15) is 0 Å². The van der Waals surface area contributed by atoms with Crippen molar-refractivity contribution in [3.63, 3.8) is 0 Å². The molecule has 4 rings (SSSR count). The Labute approximate surface area is 160 Å². The van der Waals surface area contributed by atoms with E-state index in [1.54, 1.807) is 6.07 Å². The summed E-state index contributed by atoms with van der Waals surface area (Å²) in [6.45, 7) is 1.66. The zero-order chi connectivity index (χ0) is 17.2. The van der Waals surface area contributed by atoms with E-state index in [1.165, 1.54) is 6.07 Å². The number of ether oxygens (including phenoxy) is 1. The molecule has 0 aromatic heterocycles. The van der Waals surface area contributed by atoms with Crippen molar-refractivity contribution in [1.82, 2.24) is 10.6 Å². The lowest BCUT2D eigenvalue weighted by molar-refractivity contribution is 0.0774. The van der Waals surface area contributed by atoms with E-state index in [4.69, 9.17) is 4.74 Å². The largest absolute Gasteiger partial charge is 0.381 e. The highest BCUT2D eigenvalue weighted by Gasteiger charge is 2.40. The van der Waals surface area contributed by atoms with E-state index in [-0.39, 0.29) is 29.9 Å². The molecule has 0 bridgehead atoms. The number of nitrogens with one attached hydrogen (secondary N) is 2. The number of rotatable bonds is 5. The number of halogens is 2. The van der Waals surface area contributed by atoms with Gasteiger partial charge in [0.15, 0.2) is 0 Å². The molecule has 3 aliphatic rings. The van der Waals surface area contributed by atoms with Crippen molar-refractivity contribution >= 4 is 18.3 Å². The first-order valence-electron chi connectivity index (χ1n) is 9.65. The van der Waals surface area contributed by atoms with Crippen molar-refractivity contribution in [3.8, 4) is 0 Å². The molecule has 1 amide bonds. The van der Waals surface area contributed by atoms with Crippen molar-refractivity contribution in [2.45, 2.75) is 69.0 Å². The second kappa shape index (κ2) is 8.68. The molecule has 0 radical (unpaired) electrons. The average molecular weight is 383 g/mol. The van der Waals surface area contributed by atoms with Crippen LogP contribution >= 0.6 is 12.4 Å². The van der Waals surface area contributed by atoms with Gasteiger partial charge in [0, 0.05) is 37.3 Å². The van der Waals surface area contributed by atoms with Gasteiger partial charge in [-0.25, -0.2) is 4.39 Å². The fourth-order valence-electron chi connectivity index (χ4n) is 4.20. The molecule has 1 heterocycles. The Morgan fingerprint density at radius 2 is 1.81 bits per heavy atom. The molecular weight excluding hydrogens is 355 g/mol. The van der Waals surface area contributed by atoms with Gasteiger partial charge in [-0.1, -0.05) is 18.9 Å². The van der Waals surface area contributed by atoms with Crippen LogP contribution in [-0.4, -0.2) is 37.2 Å². The third-order valence-corrected chi connectivity index (χ3v) is 5.82. The summed E-state index contributed by atoms with van der Waals surface area (Å²) in [5.41, 5.74) is 1.27. The first kappa shape index (κ1) is 19.6. The van der Waals surface area contributed by atoms with E-state index in [0.29, 0.717) is 18.0 Å². The highest BCUT2D eigenvalue weighted by atomic mass is 35.5. The number of carbonyl (C=O) groups excluding carboxylic acids is 1. The zero-order valence-electron chi connectivity index (χ0n) is 15.0. The van der Waals surface area contributed by atoms with E-state index in [9.17, 15) is 9.18 Å². The summed E-state index contributed by atoms with van der Waals surface area (Å²) >= 11 is 0. The number of benzene rings is 1. The lowest BCUT2D eigenvalue weighted by Gasteiger charge is -2.23. The van der Waals surface area contributed by atoms with Crippen LogP contribution in [0.15, 0.2) is 18.2 Å². The minimum Gasteiger partial charge on any atom is -0.381 e. The molecule has 4 nitrogen and oxygen atoms in total. The quantitative estimate of drug-likeness (QED) is 0.818. The minimum absolute atomic E-state index is 0. The molecule has 1 aromatic carbocycles. The lowest BCUT2D eigenvalue weighted by Crippen LogP contribution is -2.36. The summed E-state index contributed by atoms with van der Waals surface area (Å²) in [5.74, 6) is -0.295. The molecule has 1 saturated heterocycles. The number of amides is 1. The molecule has 2 atom stereocenters. The fraction of sp³-hybridized carbons (Fsp3) is 0.650. The summed E-state index contributed by atoms with van der Waals surface area (Å²) in [4.78, 5) is 12.4. The normalized spacial score (nSPS) is 26.3. The Balaban J connectivity index is 0.00000196. The summed E-state index contributed by atoms with van der Waals surface area (Å²) in [6.07, 6.45) is 7.49. The summed E-state index contributed by atoms with van der Waals surface area (Å²) < 4.78 is 19.6. The van der Waals surface area contributed by atoms with Gasteiger partial charge >= 0.3 is 0 Å². The van der Waals surface area contributed by atoms with Gasteiger partial charge in [0.25, 0.3) is 5.91 Å². The maximum Gasteiger partial charge on any atom is 0.254 e. The van der Waals surface area contributed by atoms with E-state index in [0.717, 1.165) is 63.7 Å². The molecule has 1 aliphatic heterocycles. The third-order valence-electron chi connectivity index (χ3n) is 5.82. The predicted octanol–water partition coefficient (Wildman–Crippen LogP) is 3.54. The maximum atomic E-state index is 14.2. The maximum absolute atomic E-state index is 14.2. The van der Waals surface area contributed by atoms with Gasteiger partial charge in [0.1, 0.15) is 5.82 Å². The van der Waals surface area contributed by atoms with Gasteiger partial charge < -0.3 is 15.4 Å². The number of carbonyl (C=O) groups is 1. The zero-order valence-corrected chi connectivity index (χ0v) is 15.8. The van der Waals surface area contributed by atoms with E-state index >= 15 is 0 Å². The van der Waals surface area contributed by atoms with Gasteiger partial charge in [-0.15, -0.1) is 12.4 Å². The third kappa shape index (κ3) is 4.56. The first-order valence-corrected chi connectivity index (χ1v) is 9.65. The van der Waals surface area contributed by atoms with Gasteiger partial charge in [-0.05, 0) is 49.8 Å². The summed E-state index contributed by atoms with van der Waals surface area (Å²) in [5, 5.41) is 6.68. The predicted molar refractivity (Wildman–Crippen MR) is 101 cm³/mol. The van der Waals surface area contributed by atoms with Crippen molar-refractivity contribution in [3.05, 3.63) is 35.1 Å². The summed E-state index contributed by atoms with van der Waals surface area (Å²) in [7, 11) is 0. The first-order chi connectivity index (χ1) is 12.2. The van der Waals surface area contributed by atoms with Crippen molar-refractivity contribution in [2.75, 3.05) is 13.2 Å². The Hall–Kier alpha value is -1.17. The molecule has 2 saturated carbocycles. The monoisotopic (exact) mass is 382 g/mol. The van der Waals surface area contributed by atoms with Crippen LogP contribution in [0.4, 0.5) is 4.39 Å². The van der Waals surface area contributed by atoms with Crippen molar-refractivity contribution in [2.24, 2.45) is 0 Å². The topological polar surface area (TPSA) is 50.4 Å². The fourth-order valence-corrected chi connectivity index (χ4v) is 4.20. The molecular formula is C20H28ClFN2O2. The van der Waals surface area contributed by atoms with Crippen molar-refractivity contribution in [1.29, 1.82) is 0 Å². The van der Waals surface area contributed by atoms with E-state index in [1.807, 2.05) is 6.07 Å². The van der Waals surface area contributed by atoms with E-state index < -0.39 is 5.82 Å². The molecule has 2 aliphatic carbocycles. The van der Waals surface area contributed by atoms with Crippen molar-refractivity contribution < 1.29 is 13.9 Å². The van der Waals surface area contributed by atoms with Crippen LogP contribution in [0, 0.1) is 5.82 Å². The average Bonchev–Trinajstić information content (AvgIpc) is 3.19. The smallest absolute Gasteiger partial charge is 0.254 e. The number of hydrogen-bond donors (Lipinski definition) is 2. The van der Waals surface area contributed by atoms with Crippen LogP contribution in [0.1, 0.15) is 66.8 Å². The van der Waals surface area contributed by atoms with Gasteiger partial charge in [0.2, 0.25) is 0 Å². The van der Waals surface area contributed by atoms with Crippen LogP contribution in [0.25, 0.3) is 0 Å². The Morgan fingerprint density at radius 3 is 2.54 bits per heavy atom. The molecule has 0 unspecified atom stereocenters. The minimum atomic E-state index is -0.422. The van der Waals surface area contributed by atoms with E-state index in [2.05, 4.69) is 10.6 Å². The molecule has 26 heavy (non-hydrogen) atoms. The van der Waals surface area contributed by atoms with Crippen LogP contribution < -0.4 is 10.6 Å². The highest BCUT2D eigenvalue weighted by molar-refractivity contribution is 5.95.